The molecule has 2 aliphatic heterocycles. The molecule has 1 saturated heterocycles. The van der Waals surface area contributed by atoms with Crippen molar-refractivity contribution < 1.29 is 9.94 Å². The van der Waals surface area contributed by atoms with Crippen LogP contribution in [0.5, 0.6) is 5.75 Å². The zero-order chi connectivity index (χ0) is 26.2. The van der Waals surface area contributed by atoms with Gasteiger partial charge in [0.05, 0.1) is 28.5 Å². The van der Waals surface area contributed by atoms with Crippen LogP contribution >= 0.6 is 8.07 Å². The van der Waals surface area contributed by atoms with E-state index in [-0.39, 0.29) is 0 Å². The summed E-state index contributed by atoms with van der Waals surface area (Å²) in [6, 6.07) is 16.2. The van der Waals surface area contributed by atoms with Gasteiger partial charge in [0.25, 0.3) is 0 Å². The van der Waals surface area contributed by atoms with Crippen molar-refractivity contribution in [1.29, 1.82) is 0 Å². The lowest BCUT2D eigenvalue weighted by Gasteiger charge is -2.45. The number of hydrogen-bond donors (Lipinski definition) is 4. The third kappa shape index (κ3) is 4.71. The summed E-state index contributed by atoms with van der Waals surface area (Å²) in [5.74, 6) is 1.98. The van der Waals surface area contributed by atoms with Crippen molar-refractivity contribution in [2.45, 2.75) is 13.0 Å². The van der Waals surface area contributed by atoms with Crippen molar-refractivity contribution in [2.24, 2.45) is 0 Å². The molecule has 10 nitrogen and oxygen atoms in total. The second-order valence-corrected chi connectivity index (χ2v) is 11.8. The van der Waals surface area contributed by atoms with Crippen LogP contribution < -0.4 is 25.1 Å². The van der Waals surface area contributed by atoms with Gasteiger partial charge in [-0.05, 0) is 50.2 Å². The number of nitrogens with zero attached hydrogens (tertiary/aromatic N) is 5. The van der Waals surface area contributed by atoms with Crippen molar-refractivity contribution in [3.8, 4) is 5.75 Å². The van der Waals surface area contributed by atoms with Gasteiger partial charge in [-0.25, -0.2) is 4.83 Å². The lowest BCUT2D eigenvalue weighted by molar-refractivity contribution is 0.172. The summed E-state index contributed by atoms with van der Waals surface area (Å²) >= 11 is 0. The molecule has 1 fully saturated rings. The first-order chi connectivity index (χ1) is 18.5. The van der Waals surface area contributed by atoms with Crippen molar-refractivity contribution in [2.75, 3.05) is 66.5 Å². The molecule has 38 heavy (non-hydrogen) atoms. The van der Waals surface area contributed by atoms with Gasteiger partial charge in [0.2, 0.25) is 5.95 Å². The van der Waals surface area contributed by atoms with Crippen LogP contribution in [0.3, 0.4) is 0 Å². The van der Waals surface area contributed by atoms with Crippen LogP contribution in [0.1, 0.15) is 6.92 Å². The van der Waals surface area contributed by atoms with Crippen LogP contribution in [-0.4, -0.2) is 77.2 Å². The molecular weight excluding hydrogens is 499 g/mol. The first-order valence-electron chi connectivity index (χ1n) is 12.9. The number of rotatable bonds is 7. The number of fused-ring (bicyclic) bond motifs is 4. The standard InChI is InChI=1S/C27H33N8O2P/c1-4-33-13-14-34-19(16-33)17-37-24-15-18(9-10-23(24)34)29-27-31-25-20(11-12-28-25)26(32-27)30-21-7-5-6-8-22(21)35(36)38(2)3/h5-12,15,19,36H,4,13-14,16-17H2,1-3H3,(H3,28,29,30,31,32). The number of aromatic nitrogens is 3. The molecule has 11 heteroatoms. The highest BCUT2D eigenvalue weighted by Crippen LogP contribution is 2.41. The van der Waals surface area contributed by atoms with Crippen molar-refractivity contribution in [3.63, 3.8) is 0 Å². The number of likely N-dealkylation sites (N-methyl/N-ethyl adjacent to an activating group) is 1. The topological polar surface area (TPSA) is 105 Å². The summed E-state index contributed by atoms with van der Waals surface area (Å²) in [7, 11) is -0.727. The Morgan fingerprint density at radius 3 is 2.84 bits per heavy atom. The summed E-state index contributed by atoms with van der Waals surface area (Å²) in [4.78, 5) is 18.9. The van der Waals surface area contributed by atoms with Crippen molar-refractivity contribution >= 4 is 53.6 Å². The lowest BCUT2D eigenvalue weighted by Crippen LogP contribution is -2.57. The zero-order valence-electron chi connectivity index (χ0n) is 21.8. The summed E-state index contributed by atoms with van der Waals surface area (Å²) in [6.45, 7) is 11.1. The fraction of sp³-hybridized carbons (Fsp3) is 0.333. The van der Waals surface area contributed by atoms with E-state index in [1.807, 2.05) is 55.9 Å². The number of anilines is 6. The number of nitrogens with one attached hydrogen (secondary N) is 3. The van der Waals surface area contributed by atoms with Gasteiger partial charge < -0.3 is 25.3 Å². The zero-order valence-corrected chi connectivity index (χ0v) is 22.7. The maximum Gasteiger partial charge on any atom is 0.231 e. The van der Waals surface area contributed by atoms with E-state index in [1.54, 1.807) is 0 Å². The predicted molar refractivity (Wildman–Crippen MR) is 155 cm³/mol. The molecule has 1 atom stereocenters. The first-order valence-corrected chi connectivity index (χ1v) is 15.1. The predicted octanol–water partition coefficient (Wildman–Crippen LogP) is 5.20. The SMILES string of the molecule is CCN1CCN2c3ccc(Nc4nc(Nc5ccccc5N(O)P(C)C)c5cc[nH]c5n4)cc3OCC2C1. The van der Waals surface area contributed by atoms with Crippen LogP contribution in [0.15, 0.2) is 54.7 Å². The molecule has 198 valence electrons. The van der Waals surface area contributed by atoms with E-state index in [0.29, 0.717) is 35.7 Å². The van der Waals surface area contributed by atoms with Gasteiger partial charge in [-0.1, -0.05) is 19.1 Å². The van der Waals surface area contributed by atoms with Gasteiger partial charge in [-0.2, -0.15) is 9.97 Å². The van der Waals surface area contributed by atoms with E-state index in [0.717, 1.165) is 54.4 Å². The quantitative estimate of drug-likeness (QED) is 0.189. The molecule has 0 amide bonds. The van der Waals surface area contributed by atoms with Crippen LogP contribution in [0.25, 0.3) is 11.0 Å². The third-order valence-electron chi connectivity index (χ3n) is 7.14. The molecule has 0 radical (unpaired) electrons. The highest BCUT2D eigenvalue weighted by Gasteiger charge is 2.32. The minimum Gasteiger partial charge on any atom is -0.489 e. The third-order valence-corrected chi connectivity index (χ3v) is 8.11. The van der Waals surface area contributed by atoms with Gasteiger partial charge in [-0.3, -0.25) is 10.1 Å². The first kappa shape index (κ1) is 24.7. The van der Waals surface area contributed by atoms with Gasteiger partial charge in [0.15, 0.2) is 0 Å². The van der Waals surface area contributed by atoms with E-state index in [2.05, 4.69) is 49.5 Å². The molecule has 4 aromatic rings. The molecule has 0 saturated carbocycles. The molecule has 4 heterocycles. The number of benzene rings is 2. The average molecular weight is 533 g/mol. The maximum atomic E-state index is 10.6. The second kappa shape index (κ2) is 10.3. The molecule has 2 aromatic heterocycles. The van der Waals surface area contributed by atoms with Crippen LogP contribution in [0.2, 0.25) is 0 Å². The number of para-hydroxylation sites is 2. The Bertz CT molecular complexity index is 1440. The molecule has 0 aliphatic carbocycles. The van der Waals surface area contributed by atoms with E-state index >= 15 is 0 Å². The van der Waals surface area contributed by atoms with Crippen molar-refractivity contribution in [1.82, 2.24) is 19.9 Å². The maximum absolute atomic E-state index is 10.6. The Morgan fingerprint density at radius 1 is 1.13 bits per heavy atom. The van der Waals surface area contributed by atoms with Gasteiger partial charge in [-0.15, -0.1) is 0 Å². The van der Waals surface area contributed by atoms with Crippen LogP contribution in [0, 0.1) is 0 Å². The molecule has 6 rings (SSSR count). The molecule has 2 aliphatic rings. The Balaban J connectivity index is 1.27. The Kier molecular flexibility index (Phi) is 6.69. The molecule has 2 aromatic carbocycles. The summed E-state index contributed by atoms with van der Waals surface area (Å²) < 4.78 is 6.19. The Labute approximate surface area is 223 Å². The molecule has 0 bridgehead atoms. The Hall–Kier alpha value is -3.59. The van der Waals surface area contributed by atoms with Crippen LogP contribution in [-0.2, 0) is 0 Å². The van der Waals surface area contributed by atoms with Crippen LogP contribution in [0.4, 0.5) is 34.5 Å². The van der Waals surface area contributed by atoms with Gasteiger partial charge in [0, 0.05) is 45.7 Å². The number of hydrogen-bond acceptors (Lipinski definition) is 9. The highest BCUT2D eigenvalue weighted by atomic mass is 31.1. The largest absolute Gasteiger partial charge is 0.489 e. The van der Waals surface area contributed by atoms with E-state index in [4.69, 9.17) is 9.72 Å². The van der Waals surface area contributed by atoms with E-state index in [1.165, 1.54) is 4.83 Å². The van der Waals surface area contributed by atoms with Crippen molar-refractivity contribution in [3.05, 3.63) is 54.7 Å². The van der Waals surface area contributed by atoms with E-state index < -0.39 is 8.07 Å². The summed E-state index contributed by atoms with van der Waals surface area (Å²) in [5.41, 5.74) is 4.17. The van der Waals surface area contributed by atoms with Gasteiger partial charge in [0.1, 0.15) is 23.8 Å². The summed E-state index contributed by atoms with van der Waals surface area (Å²) in [5, 5.41) is 18.3. The number of piperazine rings is 1. The molecule has 0 spiro atoms. The Morgan fingerprint density at radius 2 is 2.00 bits per heavy atom. The minimum absolute atomic E-state index is 0.386. The average Bonchev–Trinajstić information content (AvgIpc) is 3.41. The minimum atomic E-state index is -0.727. The number of ether oxygens (including phenoxy) is 1. The second-order valence-electron chi connectivity index (χ2n) is 9.77. The van der Waals surface area contributed by atoms with Gasteiger partial charge >= 0.3 is 0 Å². The highest BCUT2D eigenvalue weighted by molar-refractivity contribution is 7.57. The fourth-order valence-electron chi connectivity index (χ4n) is 5.12. The monoisotopic (exact) mass is 532 g/mol. The number of aromatic amines is 1. The molecule has 1 unspecified atom stereocenters. The molecular formula is C27H33N8O2P. The lowest BCUT2D eigenvalue weighted by atomic mass is 10.1. The smallest absolute Gasteiger partial charge is 0.231 e. The van der Waals surface area contributed by atoms with E-state index in [9.17, 15) is 5.21 Å². The number of H-pyrrole nitrogens is 1. The fourth-order valence-corrected chi connectivity index (χ4v) is 5.72. The normalized spacial score (nSPS) is 17.2. The summed E-state index contributed by atoms with van der Waals surface area (Å²) in [6.07, 6.45) is 1.84. The molecule has 4 N–H and O–H groups in total.